The summed E-state index contributed by atoms with van der Waals surface area (Å²) in [4.78, 5) is 15.9. The average Bonchev–Trinajstić information content (AvgIpc) is 2.54. The molecule has 1 heterocycles. The van der Waals surface area contributed by atoms with Gasteiger partial charge >= 0.3 is 0 Å². The lowest BCUT2D eigenvalue weighted by Crippen LogP contribution is -2.39. The number of amides is 1. The molecule has 0 aliphatic heterocycles. The first-order valence-corrected chi connectivity index (χ1v) is 9.74. The summed E-state index contributed by atoms with van der Waals surface area (Å²) < 4.78 is 25.9. The third-order valence-corrected chi connectivity index (χ3v) is 4.75. The van der Waals surface area contributed by atoms with E-state index in [-0.39, 0.29) is 6.54 Å². The molecule has 0 atom stereocenters. The van der Waals surface area contributed by atoms with Gasteiger partial charge in [-0.25, -0.2) is 13.8 Å². The predicted molar refractivity (Wildman–Crippen MR) is 101 cm³/mol. The van der Waals surface area contributed by atoms with Crippen LogP contribution in [0.2, 0.25) is 0 Å². The molecular formula is C15H15IN4O3S. The fraction of sp³-hybridized carbons (Fsp3) is 0.133. The quantitative estimate of drug-likeness (QED) is 0.405. The number of hydrazone groups is 1. The zero-order chi connectivity index (χ0) is 17.6. The number of nitrogens with zero attached hydrogens (tertiary/aromatic N) is 3. The number of benzene rings is 1. The monoisotopic (exact) mass is 458 g/mol. The van der Waals surface area contributed by atoms with Crippen LogP contribution < -0.4 is 9.73 Å². The van der Waals surface area contributed by atoms with Crippen LogP contribution in [-0.4, -0.2) is 38.3 Å². The summed E-state index contributed by atoms with van der Waals surface area (Å²) in [6.07, 6.45) is 5.70. The van der Waals surface area contributed by atoms with Gasteiger partial charge in [0.25, 0.3) is 5.91 Å². The Morgan fingerprint density at radius 1 is 1.33 bits per heavy atom. The van der Waals surface area contributed by atoms with E-state index in [9.17, 15) is 13.2 Å². The van der Waals surface area contributed by atoms with Crippen molar-refractivity contribution in [3.8, 4) is 0 Å². The highest BCUT2D eigenvalue weighted by Crippen LogP contribution is 2.18. The van der Waals surface area contributed by atoms with E-state index in [2.05, 4.69) is 38.1 Å². The number of hydrogen-bond acceptors (Lipinski definition) is 5. The number of sulfonamides is 1. The van der Waals surface area contributed by atoms with Gasteiger partial charge in [0.05, 0.1) is 18.2 Å². The largest absolute Gasteiger partial charge is 0.271 e. The molecule has 0 aliphatic carbocycles. The molecule has 0 saturated heterocycles. The standard InChI is InChI=1S/C15H15IN4O3S/c1-24(22,23)20(14-6-4-13(16)5-7-14)11-15(21)19-18-10-12-3-2-8-17-9-12/h2-10H,11H2,1H3,(H,19,21)/b18-10-. The Hall–Kier alpha value is -2.01. The number of aromatic nitrogens is 1. The number of carbonyl (C=O) groups excluding carboxylic acids is 1. The van der Waals surface area contributed by atoms with Crippen LogP contribution in [0.25, 0.3) is 0 Å². The van der Waals surface area contributed by atoms with Crippen molar-refractivity contribution < 1.29 is 13.2 Å². The number of rotatable bonds is 6. The normalized spacial score (nSPS) is 11.4. The lowest BCUT2D eigenvalue weighted by molar-refractivity contribution is -0.119. The number of anilines is 1. The van der Waals surface area contributed by atoms with Crippen molar-refractivity contribution in [3.63, 3.8) is 0 Å². The van der Waals surface area contributed by atoms with Crippen LogP contribution >= 0.6 is 22.6 Å². The molecule has 0 spiro atoms. The summed E-state index contributed by atoms with van der Waals surface area (Å²) in [7, 11) is -3.59. The summed E-state index contributed by atoms with van der Waals surface area (Å²) >= 11 is 2.12. The number of nitrogens with one attached hydrogen (secondary N) is 1. The van der Waals surface area contributed by atoms with Crippen molar-refractivity contribution in [2.24, 2.45) is 5.10 Å². The molecule has 1 aromatic heterocycles. The van der Waals surface area contributed by atoms with E-state index in [4.69, 9.17) is 0 Å². The highest BCUT2D eigenvalue weighted by atomic mass is 127. The van der Waals surface area contributed by atoms with Gasteiger partial charge < -0.3 is 0 Å². The Labute approximate surface area is 154 Å². The van der Waals surface area contributed by atoms with E-state index in [1.807, 2.05) is 0 Å². The molecule has 0 bridgehead atoms. The highest BCUT2D eigenvalue weighted by molar-refractivity contribution is 14.1. The zero-order valence-electron chi connectivity index (χ0n) is 12.8. The zero-order valence-corrected chi connectivity index (χ0v) is 15.7. The van der Waals surface area contributed by atoms with Crippen LogP contribution in [0.4, 0.5) is 5.69 Å². The predicted octanol–water partition coefficient (Wildman–Crippen LogP) is 1.60. The fourth-order valence-corrected chi connectivity index (χ4v) is 3.02. The van der Waals surface area contributed by atoms with Crippen molar-refractivity contribution in [1.82, 2.24) is 10.4 Å². The second-order valence-electron chi connectivity index (χ2n) is 4.83. The molecule has 2 aromatic rings. The first-order valence-electron chi connectivity index (χ1n) is 6.81. The van der Waals surface area contributed by atoms with Gasteiger partial charge in [0.1, 0.15) is 6.54 Å². The second-order valence-corrected chi connectivity index (χ2v) is 7.98. The van der Waals surface area contributed by atoms with Gasteiger partial charge in [-0.2, -0.15) is 5.10 Å². The minimum atomic E-state index is -3.59. The Bertz CT molecular complexity index is 824. The van der Waals surface area contributed by atoms with Crippen molar-refractivity contribution >= 4 is 50.4 Å². The molecule has 7 nitrogen and oxygen atoms in total. The molecule has 0 fully saturated rings. The minimum Gasteiger partial charge on any atom is -0.271 e. The first-order chi connectivity index (χ1) is 11.4. The summed E-state index contributed by atoms with van der Waals surface area (Å²) in [5.74, 6) is -0.542. The first kappa shape index (κ1) is 18.3. The molecule has 126 valence electrons. The van der Waals surface area contributed by atoms with Crippen molar-refractivity contribution in [2.45, 2.75) is 0 Å². The Balaban J connectivity index is 2.05. The smallest absolute Gasteiger partial charge is 0.260 e. The van der Waals surface area contributed by atoms with Gasteiger partial charge in [-0.05, 0) is 52.9 Å². The molecular weight excluding hydrogens is 443 g/mol. The summed E-state index contributed by atoms with van der Waals surface area (Å²) in [5.41, 5.74) is 3.45. The van der Waals surface area contributed by atoms with Gasteiger partial charge in [-0.15, -0.1) is 0 Å². The summed E-state index contributed by atoms with van der Waals surface area (Å²) in [6.45, 7) is -0.357. The van der Waals surface area contributed by atoms with Gasteiger partial charge in [-0.1, -0.05) is 6.07 Å². The summed E-state index contributed by atoms with van der Waals surface area (Å²) in [6, 6.07) is 10.4. The third-order valence-electron chi connectivity index (χ3n) is 2.89. The SMILES string of the molecule is CS(=O)(=O)N(CC(=O)N/N=C\c1cccnc1)c1ccc(I)cc1. The molecule has 0 unspecified atom stereocenters. The molecule has 0 radical (unpaired) electrons. The van der Waals surface area contributed by atoms with Crippen molar-refractivity contribution in [3.05, 3.63) is 57.9 Å². The van der Waals surface area contributed by atoms with Crippen LogP contribution in [0, 0.1) is 3.57 Å². The van der Waals surface area contributed by atoms with Crippen LogP contribution in [0.5, 0.6) is 0 Å². The maximum absolute atomic E-state index is 12.0. The Morgan fingerprint density at radius 2 is 2.04 bits per heavy atom. The van der Waals surface area contributed by atoms with E-state index in [0.717, 1.165) is 19.7 Å². The van der Waals surface area contributed by atoms with Gasteiger partial charge in [0.2, 0.25) is 10.0 Å². The van der Waals surface area contributed by atoms with Crippen LogP contribution in [0.1, 0.15) is 5.56 Å². The number of halogens is 1. The Kier molecular flexibility index (Phi) is 6.26. The van der Waals surface area contributed by atoms with Crippen LogP contribution in [0.15, 0.2) is 53.9 Å². The summed E-state index contributed by atoms with van der Waals surface area (Å²) in [5, 5.41) is 3.80. The molecule has 9 heteroatoms. The van der Waals surface area contributed by atoms with E-state index < -0.39 is 15.9 Å². The highest BCUT2D eigenvalue weighted by Gasteiger charge is 2.20. The van der Waals surface area contributed by atoms with E-state index in [1.54, 1.807) is 48.8 Å². The molecule has 24 heavy (non-hydrogen) atoms. The molecule has 1 N–H and O–H groups in total. The average molecular weight is 458 g/mol. The van der Waals surface area contributed by atoms with Gasteiger partial charge in [-0.3, -0.25) is 14.1 Å². The third kappa shape index (κ3) is 5.57. The second kappa shape index (κ2) is 8.20. The fourth-order valence-electron chi connectivity index (χ4n) is 1.80. The number of hydrogen-bond donors (Lipinski definition) is 1. The lowest BCUT2D eigenvalue weighted by atomic mass is 10.3. The molecule has 0 aliphatic rings. The molecule has 0 saturated carbocycles. The Morgan fingerprint density at radius 3 is 2.62 bits per heavy atom. The maximum atomic E-state index is 12.0. The van der Waals surface area contributed by atoms with E-state index in [0.29, 0.717) is 5.69 Å². The molecule has 2 rings (SSSR count). The van der Waals surface area contributed by atoms with E-state index in [1.165, 1.54) is 6.21 Å². The van der Waals surface area contributed by atoms with E-state index >= 15 is 0 Å². The van der Waals surface area contributed by atoms with Crippen LogP contribution in [-0.2, 0) is 14.8 Å². The minimum absolute atomic E-state index is 0.357. The van der Waals surface area contributed by atoms with Crippen molar-refractivity contribution in [2.75, 3.05) is 17.1 Å². The van der Waals surface area contributed by atoms with Gasteiger partial charge in [0.15, 0.2) is 0 Å². The molecule has 1 amide bonds. The number of carbonyl (C=O) groups is 1. The topological polar surface area (TPSA) is 91.7 Å². The molecule has 1 aromatic carbocycles. The van der Waals surface area contributed by atoms with Crippen LogP contribution in [0.3, 0.4) is 0 Å². The number of pyridine rings is 1. The lowest BCUT2D eigenvalue weighted by Gasteiger charge is -2.21. The van der Waals surface area contributed by atoms with Gasteiger partial charge in [0, 0.05) is 21.5 Å². The van der Waals surface area contributed by atoms with Crippen molar-refractivity contribution in [1.29, 1.82) is 0 Å². The maximum Gasteiger partial charge on any atom is 0.260 e.